The molecule has 4 atom stereocenters. The Bertz CT molecular complexity index is 493. The summed E-state index contributed by atoms with van der Waals surface area (Å²) in [6.07, 6.45) is 7.16. The van der Waals surface area contributed by atoms with Gasteiger partial charge in [0.1, 0.15) is 5.78 Å². The van der Waals surface area contributed by atoms with Crippen molar-refractivity contribution >= 4 is 17.5 Å². The summed E-state index contributed by atoms with van der Waals surface area (Å²) in [4.78, 5) is 29.6. The van der Waals surface area contributed by atoms with Crippen LogP contribution in [0.1, 0.15) is 72.1 Å². The van der Waals surface area contributed by atoms with Crippen LogP contribution in [0.4, 0.5) is 0 Å². The maximum atomic E-state index is 12.8. The Morgan fingerprint density at radius 3 is 2.70 bits per heavy atom. The Morgan fingerprint density at radius 1 is 1.33 bits per heavy atom. The van der Waals surface area contributed by atoms with Crippen molar-refractivity contribution in [3.8, 4) is 0 Å². The lowest BCUT2D eigenvalue weighted by molar-refractivity contribution is -0.127. The fraction of sp³-hybridized carbons (Fsp3) is 0.857. The Labute approximate surface area is 165 Å². The summed E-state index contributed by atoms with van der Waals surface area (Å²) in [5.41, 5.74) is 5.99. The van der Waals surface area contributed by atoms with Gasteiger partial charge < -0.3 is 16.4 Å². The van der Waals surface area contributed by atoms with E-state index in [9.17, 15) is 9.59 Å². The zero-order valence-electron chi connectivity index (χ0n) is 17.7. The van der Waals surface area contributed by atoms with Crippen molar-refractivity contribution in [1.29, 1.82) is 0 Å². The number of nitrogens with one attached hydrogen (secondary N) is 2. The van der Waals surface area contributed by atoms with E-state index in [2.05, 4.69) is 29.5 Å². The number of ketones is 1. The first-order valence-electron chi connectivity index (χ1n) is 10.7. The number of likely N-dealkylation sites (N-methyl/N-ethyl adjacent to an activating group) is 1. The van der Waals surface area contributed by atoms with Crippen molar-refractivity contribution in [1.82, 2.24) is 10.6 Å². The van der Waals surface area contributed by atoms with Crippen LogP contribution in [0.15, 0.2) is 4.99 Å². The first kappa shape index (κ1) is 23.6. The van der Waals surface area contributed by atoms with Crippen molar-refractivity contribution in [3.63, 3.8) is 0 Å². The molecule has 6 nitrogen and oxygen atoms in total. The lowest BCUT2D eigenvalue weighted by Crippen LogP contribution is -2.45. The number of hydrogen-bond donors (Lipinski definition) is 3. The third-order valence-corrected chi connectivity index (χ3v) is 5.74. The molecule has 0 radical (unpaired) electrons. The van der Waals surface area contributed by atoms with Crippen LogP contribution >= 0.6 is 0 Å². The first-order chi connectivity index (χ1) is 12.9. The van der Waals surface area contributed by atoms with Gasteiger partial charge in [0.2, 0.25) is 5.91 Å². The summed E-state index contributed by atoms with van der Waals surface area (Å²) >= 11 is 0. The Kier molecular flexibility index (Phi) is 11.3. The first-order valence-corrected chi connectivity index (χ1v) is 10.7. The van der Waals surface area contributed by atoms with E-state index in [4.69, 9.17) is 5.73 Å². The standard InChI is InChI=1S/C21H40N4O2/c1-5-15(2)13-19(22)24-12-8-10-17-14-25-21(27)18(23-4)11-7-6-9-16(3)20(17)26/h15-18,23H,5-14H2,1-4H3,(H2,22,24)(H,25,27). The number of amides is 1. The molecule has 0 bridgehead atoms. The number of aliphatic imine (C=N–C) groups is 1. The quantitative estimate of drug-likeness (QED) is 0.343. The third-order valence-electron chi connectivity index (χ3n) is 5.74. The van der Waals surface area contributed by atoms with Gasteiger partial charge in [-0.1, -0.05) is 40.0 Å². The van der Waals surface area contributed by atoms with Crippen LogP contribution in [0.2, 0.25) is 0 Å². The van der Waals surface area contributed by atoms with Crippen LogP contribution in [0.25, 0.3) is 0 Å². The lowest BCUT2D eigenvalue weighted by Gasteiger charge is -2.20. The lowest BCUT2D eigenvalue weighted by atomic mass is 9.87. The predicted molar refractivity (Wildman–Crippen MR) is 112 cm³/mol. The molecule has 0 aliphatic carbocycles. The monoisotopic (exact) mass is 380 g/mol. The van der Waals surface area contributed by atoms with E-state index in [0.717, 1.165) is 51.4 Å². The van der Waals surface area contributed by atoms with Crippen molar-refractivity contribution < 1.29 is 9.59 Å². The van der Waals surface area contributed by atoms with Gasteiger partial charge in [-0.3, -0.25) is 14.6 Å². The van der Waals surface area contributed by atoms with Crippen molar-refractivity contribution in [2.24, 2.45) is 28.5 Å². The van der Waals surface area contributed by atoms with E-state index in [0.29, 0.717) is 24.8 Å². The van der Waals surface area contributed by atoms with Crippen LogP contribution in [0, 0.1) is 17.8 Å². The zero-order chi connectivity index (χ0) is 20.2. The number of amidine groups is 1. The van der Waals surface area contributed by atoms with Crippen LogP contribution in [-0.2, 0) is 9.59 Å². The molecule has 6 heteroatoms. The second-order valence-electron chi connectivity index (χ2n) is 8.10. The minimum Gasteiger partial charge on any atom is -0.387 e. The van der Waals surface area contributed by atoms with Crippen molar-refractivity contribution in [2.75, 3.05) is 20.1 Å². The maximum Gasteiger partial charge on any atom is 0.237 e. The molecule has 1 saturated heterocycles. The maximum absolute atomic E-state index is 12.8. The summed E-state index contributed by atoms with van der Waals surface area (Å²) in [5.74, 6) is 1.45. The highest BCUT2D eigenvalue weighted by Crippen LogP contribution is 2.20. The summed E-state index contributed by atoms with van der Waals surface area (Å²) in [5, 5.41) is 6.07. The minimum atomic E-state index is -0.167. The summed E-state index contributed by atoms with van der Waals surface area (Å²) in [6.45, 7) is 7.41. The molecule has 1 rings (SSSR count). The molecule has 1 heterocycles. The highest BCUT2D eigenvalue weighted by atomic mass is 16.2. The fourth-order valence-corrected chi connectivity index (χ4v) is 3.57. The smallest absolute Gasteiger partial charge is 0.237 e. The molecular weight excluding hydrogens is 340 g/mol. The van der Waals surface area contributed by atoms with Crippen molar-refractivity contribution in [2.45, 2.75) is 78.2 Å². The highest BCUT2D eigenvalue weighted by molar-refractivity contribution is 5.85. The average molecular weight is 381 g/mol. The molecule has 0 saturated carbocycles. The van der Waals surface area contributed by atoms with Gasteiger partial charge in [0.25, 0.3) is 0 Å². The molecule has 0 aromatic heterocycles. The van der Waals surface area contributed by atoms with Crippen LogP contribution < -0.4 is 16.4 Å². The van der Waals surface area contributed by atoms with E-state index in [1.807, 2.05) is 14.0 Å². The number of carbonyl (C=O) groups excluding carboxylic acids is 2. The van der Waals surface area contributed by atoms with Gasteiger partial charge in [0, 0.05) is 31.3 Å². The summed E-state index contributed by atoms with van der Waals surface area (Å²) in [6, 6.07) is -0.167. The molecule has 27 heavy (non-hydrogen) atoms. The van der Waals surface area contributed by atoms with Crippen LogP contribution in [0.5, 0.6) is 0 Å². The van der Waals surface area contributed by atoms with Gasteiger partial charge in [-0.2, -0.15) is 0 Å². The van der Waals surface area contributed by atoms with Gasteiger partial charge in [0.05, 0.1) is 11.9 Å². The van der Waals surface area contributed by atoms with Gasteiger partial charge in [0.15, 0.2) is 0 Å². The fourth-order valence-electron chi connectivity index (χ4n) is 3.57. The molecule has 1 aliphatic heterocycles. The predicted octanol–water partition coefficient (Wildman–Crippen LogP) is 2.66. The second kappa shape index (κ2) is 12.9. The number of nitrogens with zero attached hydrogens (tertiary/aromatic N) is 1. The molecule has 4 N–H and O–H groups in total. The van der Waals surface area contributed by atoms with Gasteiger partial charge in [-0.05, 0) is 38.6 Å². The van der Waals surface area contributed by atoms with E-state index in [-0.39, 0.29) is 29.6 Å². The highest BCUT2D eigenvalue weighted by Gasteiger charge is 2.26. The van der Waals surface area contributed by atoms with E-state index in [1.54, 1.807) is 0 Å². The topological polar surface area (TPSA) is 96.6 Å². The number of hydrogen-bond acceptors (Lipinski definition) is 4. The van der Waals surface area contributed by atoms with Crippen LogP contribution in [0.3, 0.4) is 0 Å². The zero-order valence-corrected chi connectivity index (χ0v) is 17.7. The van der Waals surface area contributed by atoms with Crippen LogP contribution in [-0.4, -0.2) is 43.7 Å². The summed E-state index contributed by atoms with van der Waals surface area (Å²) < 4.78 is 0. The Hall–Kier alpha value is -1.43. The molecule has 0 aromatic rings. The second-order valence-corrected chi connectivity index (χ2v) is 8.10. The van der Waals surface area contributed by atoms with E-state index in [1.165, 1.54) is 0 Å². The molecule has 1 fully saturated rings. The molecule has 0 spiro atoms. The normalized spacial score (nSPS) is 27.0. The SMILES string of the molecule is CCC(C)CC(N)=NCCCC1CNC(=O)C(NC)CCCCC(C)C1=O. The van der Waals surface area contributed by atoms with Gasteiger partial charge >= 0.3 is 0 Å². The van der Waals surface area contributed by atoms with Gasteiger partial charge in [-0.15, -0.1) is 0 Å². The number of Topliss-reactive ketones (excluding diaryl/α,β-unsaturated/α-hetero) is 1. The van der Waals surface area contributed by atoms with E-state index < -0.39 is 0 Å². The molecule has 1 amide bonds. The number of carbonyl (C=O) groups is 2. The van der Waals surface area contributed by atoms with E-state index >= 15 is 0 Å². The Balaban J connectivity index is 2.61. The number of nitrogens with two attached hydrogens (primary N) is 1. The van der Waals surface area contributed by atoms with Crippen molar-refractivity contribution in [3.05, 3.63) is 0 Å². The average Bonchev–Trinajstić information content (AvgIpc) is 2.67. The molecule has 0 aromatic carbocycles. The molecular formula is C21H40N4O2. The summed E-state index contributed by atoms with van der Waals surface area (Å²) in [7, 11) is 1.82. The number of rotatable bonds is 8. The van der Waals surface area contributed by atoms with Gasteiger partial charge in [-0.25, -0.2) is 0 Å². The molecule has 156 valence electrons. The minimum absolute atomic E-state index is 0.000622. The third kappa shape index (κ3) is 8.87. The molecule has 1 aliphatic rings. The Morgan fingerprint density at radius 2 is 2.04 bits per heavy atom. The largest absolute Gasteiger partial charge is 0.387 e. The molecule has 4 unspecified atom stereocenters.